The van der Waals surface area contributed by atoms with Gasteiger partial charge < -0.3 is 58.7 Å². The van der Waals surface area contributed by atoms with Gasteiger partial charge in [-0.25, -0.2) is 0 Å². The maximum atomic E-state index is 12.1. The van der Waals surface area contributed by atoms with E-state index in [1.165, 1.54) is 19.6 Å². The van der Waals surface area contributed by atoms with Gasteiger partial charge in [0.1, 0.15) is 25.1 Å². The standard InChI is InChI=1S/C22H36N4O12P4/c27-39(28,29)15-23-11-5-13-25(17-41(33,34)35)21-9-3-4-10-22(21)26(18-42(36,37)38)14-6-12-24(16-40(30,31)32)20-8-2-1-7-19(20)23/h1-4,7-10H,5-6,11-18H2,(H2,27,28,29)(H2,30,31,32)(H2,33,34,35)(H2,36,37,38). The summed E-state index contributed by atoms with van der Waals surface area (Å²) in [5, 5.41) is 0. The molecule has 20 heteroatoms. The second-order valence-corrected chi connectivity index (χ2v) is 16.4. The highest BCUT2D eigenvalue weighted by molar-refractivity contribution is 7.52. The minimum Gasteiger partial charge on any atom is -0.358 e. The van der Waals surface area contributed by atoms with Crippen molar-refractivity contribution in [3.05, 3.63) is 48.5 Å². The lowest BCUT2D eigenvalue weighted by molar-refractivity contribution is 0.367. The van der Waals surface area contributed by atoms with Gasteiger partial charge in [0.2, 0.25) is 0 Å². The highest BCUT2D eigenvalue weighted by atomic mass is 31.2. The van der Waals surface area contributed by atoms with Gasteiger partial charge in [-0.05, 0) is 37.1 Å². The van der Waals surface area contributed by atoms with Crippen LogP contribution in [0.4, 0.5) is 22.7 Å². The Morgan fingerprint density at radius 1 is 0.429 bits per heavy atom. The summed E-state index contributed by atoms with van der Waals surface area (Å²) < 4.78 is 48.4. The van der Waals surface area contributed by atoms with Crippen molar-refractivity contribution in [2.45, 2.75) is 12.8 Å². The summed E-state index contributed by atoms with van der Waals surface area (Å²) in [5.41, 5.74) is 1.11. The van der Waals surface area contributed by atoms with Gasteiger partial charge in [-0.3, -0.25) is 18.3 Å². The van der Waals surface area contributed by atoms with Gasteiger partial charge in [0.15, 0.2) is 0 Å². The molecule has 1 aliphatic heterocycles. The van der Waals surface area contributed by atoms with E-state index in [2.05, 4.69) is 0 Å². The molecule has 3 rings (SSSR count). The number of nitrogens with zero attached hydrogens (tertiary/aromatic N) is 4. The molecular weight excluding hydrogens is 636 g/mol. The number of benzene rings is 2. The zero-order valence-electron chi connectivity index (χ0n) is 22.5. The lowest BCUT2D eigenvalue weighted by atomic mass is 10.2. The Kier molecular flexibility index (Phi) is 11.5. The van der Waals surface area contributed by atoms with E-state index in [1.54, 1.807) is 48.5 Å². The summed E-state index contributed by atoms with van der Waals surface area (Å²) in [6.45, 7) is -0.0639. The van der Waals surface area contributed by atoms with Crippen molar-refractivity contribution in [3.8, 4) is 0 Å². The fourth-order valence-electron chi connectivity index (χ4n) is 4.86. The highest BCUT2D eigenvalue weighted by Crippen LogP contribution is 2.45. The first kappa shape index (κ1) is 34.7. The smallest absolute Gasteiger partial charge is 0.344 e. The number of anilines is 4. The predicted molar refractivity (Wildman–Crippen MR) is 159 cm³/mol. The van der Waals surface area contributed by atoms with E-state index in [0.717, 1.165) is 0 Å². The van der Waals surface area contributed by atoms with E-state index in [0.29, 0.717) is 0 Å². The normalized spacial score (nSPS) is 16.6. The highest BCUT2D eigenvalue weighted by Gasteiger charge is 2.30. The van der Waals surface area contributed by atoms with Crippen LogP contribution in [-0.2, 0) is 18.3 Å². The zero-order chi connectivity index (χ0) is 31.3. The van der Waals surface area contributed by atoms with Gasteiger partial charge in [-0.1, -0.05) is 24.3 Å². The van der Waals surface area contributed by atoms with Gasteiger partial charge >= 0.3 is 30.4 Å². The number of para-hydroxylation sites is 4. The minimum absolute atomic E-state index is 0.0160. The van der Waals surface area contributed by atoms with Crippen molar-refractivity contribution in [2.75, 3.05) is 70.9 Å². The maximum absolute atomic E-state index is 12.1. The van der Waals surface area contributed by atoms with Crippen LogP contribution < -0.4 is 19.6 Å². The zero-order valence-corrected chi connectivity index (χ0v) is 26.1. The van der Waals surface area contributed by atoms with Gasteiger partial charge in [-0.2, -0.15) is 0 Å². The third-order valence-electron chi connectivity index (χ3n) is 6.26. The molecule has 1 heterocycles. The molecule has 0 amide bonds. The van der Waals surface area contributed by atoms with Gasteiger partial charge in [-0.15, -0.1) is 0 Å². The van der Waals surface area contributed by atoms with Crippen LogP contribution in [0.3, 0.4) is 0 Å². The maximum Gasteiger partial charge on any atom is 0.344 e. The molecule has 16 nitrogen and oxygen atoms in total. The molecule has 0 spiro atoms. The second-order valence-electron chi connectivity index (χ2n) is 9.96. The summed E-state index contributed by atoms with van der Waals surface area (Å²) in [6, 6.07) is 12.6. The number of rotatable bonds is 8. The SMILES string of the molecule is O=P(O)(O)CN1CCCN(CP(=O)(O)O)c2ccccc2N(CP(=O)(O)O)CCCN(CP(=O)(O)O)c2ccccc21. The predicted octanol–water partition coefficient (Wildman–Crippen LogP) is 1.95. The van der Waals surface area contributed by atoms with E-state index >= 15 is 0 Å². The Hall–Kier alpha value is -1.76. The Morgan fingerprint density at radius 2 is 0.619 bits per heavy atom. The first-order valence-corrected chi connectivity index (χ1v) is 19.9. The van der Waals surface area contributed by atoms with Crippen molar-refractivity contribution >= 4 is 53.1 Å². The molecule has 42 heavy (non-hydrogen) atoms. The van der Waals surface area contributed by atoms with Crippen LogP contribution >= 0.6 is 30.4 Å². The molecule has 0 saturated heterocycles. The molecule has 1 aliphatic rings. The first-order chi connectivity index (χ1) is 19.3. The van der Waals surface area contributed by atoms with Gasteiger partial charge in [0.25, 0.3) is 0 Å². The van der Waals surface area contributed by atoms with E-state index in [9.17, 15) is 57.4 Å². The van der Waals surface area contributed by atoms with Crippen LogP contribution in [-0.4, -0.2) is 90.5 Å². The quantitative estimate of drug-likeness (QED) is 0.187. The Labute approximate surface area is 242 Å². The molecule has 0 saturated carbocycles. The fraction of sp³-hybridized carbons (Fsp3) is 0.455. The molecule has 2 aromatic rings. The fourth-order valence-corrected chi connectivity index (χ4v) is 7.82. The molecule has 0 radical (unpaired) electrons. The Morgan fingerprint density at radius 3 is 0.786 bits per heavy atom. The number of hydrogen-bond acceptors (Lipinski definition) is 8. The van der Waals surface area contributed by atoms with Crippen LogP contribution in [0.5, 0.6) is 0 Å². The van der Waals surface area contributed by atoms with E-state index in [1.807, 2.05) is 0 Å². The summed E-state index contributed by atoms with van der Waals surface area (Å²) >= 11 is 0. The average molecular weight is 672 g/mol. The lowest BCUT2D eigenvalue weighted by Crippen LogP contribution is -2.36. The molecule has 0 aromatic heterocycles. The van der Waals surface area contributed by atoms with Gasteiger partial charge in [0.05, 0.1) is 22.7 Å². The Bertz CT molecular complexity index is 1200. The number of hydrogen-bond donors (Lipinski definition) is 8. The van der Waals surface area contributed by atoms with Crippen LogP contribution in [0.25, 0.3) is 0 Å². The topological polar surface area (TPSA) is 243 Å². The van der Waals surface area contributed by atoms with Crippen molar-refractivity contribution < 1.29 is 57.4 Å². The van der Waals surface area contributed by atoms with Crippen molar-refractivity contribution in [1.29, 1.82) is 0 Å². The third kappa shape index (κ3) is 11.4. The summed E-state index contributed by atoms with van der Waals surface area (Å²) in [7, 11) is -18.6. The second kappa shape index (κ2) is 13.9. The molecule has 0 atom stereocenters. The van der Waals surface area contributed by atoms with Crippen LogP contribution in [0.2, 0.25) is 0 Å². The molecule has 0 fully saturated rings. The summed E-state index contributed by atoms with van der Waals surface area (Å²) in [4.78, 5) is 84.1. The molecule has 8 N–H and O–H groups in total. The molecule has 0 bridgehead atoms. The summed E-state index contributed by atoms with van der Waals surface area (Å²) in [6.07, 6.45) is -2.64. The van der Waals surface area contributed by atoms with Crippen molar-refractivity contribution in [2.24, 2.45) is 0 Å². The Balaban J connectivity index is 2.16. The molecule has 0 aliphatic carbocycles. The van der Waals surface area contributed by atoms with Gasteiger partial charge in [0, 0.05) is 26.2 Å². The monoisotopic (exact) mass is 672 g/mol. The van der Waals surface area contributed by atoms with Crippen molar-refractivity contribution in [1.82, 2.24) is 0 Å². The molecule has 0 unspecified atom stereocenters. The molecule has 2 aromatic carbocycles. The van der Waals surface area contributed by atoms with E-state index < -0.39 is 55.5 Å². The largest absolute Gasteiger partial charge is 0.358 e. The van der Waals surface area contributed by atoms with Crippen LogP contribution in [0.1, 0.15) is 12.8 Å². The van der Waals surface area contributed by atoms with E-state index in [4.69, 9.17) is 0 Å². The lowest BCUT2D eigenvalue weighted by Gasteiger charge is -2.36. The molecule has 236 valence electrons. The molecular formula is C22H36N4O12P4. The summed E-state index contributed by atoms with van der Waals surface area (Å²) in [5.74, 6) is 0. The van der Waals surface area contributed by atoms with Crippen LogP contribution in [0, 0.1) is 0 Å². The average Bonchev–Trinajstić information content (AvgIpc) is 2.83. The number of fused-ring (bicyclic) bond motifs is 2. The van der Waals surface area contributed by atoms with Crippen LogP contribution in [0.15, 0.2) is 48.5 Å². The minimum atomic E-state index is -4.64. The third-order valence-corrected chi connectivity index (χ3v) is 9.10. The first-order valence-electron chi connectivity index (χ1n) is 12.7. The van der Waals surface area contributed by atoms with Crippen molar-refractivity contribution in [3.63, 3.8) is 0 Å². The van der Waals surface area contributed by atoms with E-state index in [-0.39, 0.29) is 61.8 Å².